The Morgan fingerprint density at radius 2 is 2.44 bits per heavy atom. The lowest BCUT2D eigenvalue weighted by atomic mass is 10.3. The van der Waals surface area contributed by atoms with E-state index in [1.165, 1.54) is 6.26 Å². The van der Waals surface area contributed by atoms with E-state index in [0.717, 1.165) is 12.8 Å². The number of hydrogen-bond donors (Lipinski definition) is 3. The molecule has 1 heterocycles. The molecule has 1 rings (SSSR count). The highest BCUT2D eigenvalue weighted by Crippen LogP contribution is 2.09. The van der Waals surface area contributed by atoms with Gasteiger partial charge in [-0.2, -0.15) is 4.99 Å². The summed E-state index contributed by atoms with van der Waals surface area (Å²) >= 11 is 0. The molecule has 1 aromatic heterocycles. The van der Waals surface area contributed by atoms with Crippen LogP contribution in [0.1, 0.15) is 19.8 Å². The SMILES string of the molecule is CCCCNC(=O)NC(N)=Nc1ccco1. The monoisotopic (exact) mass is 224 g/mol. The fourth-order valence-corrected chi connectivity index (χ4v) is 1.02. The summed E-state index contributed by atoms with van der Waals surface area (Å²) < 4.78 is 4.95. The Labute approximate surface area is 93.9 Å². The third-order valence-electron chi connectivity index (χ3n) is 1.79. The van der Waals surface area contributed by atoms with Crippen LogP contribution in [-0.2, 0) is 0 Å². The molecule has 4 N–H and O–H groups in total. The molecule has 0 saturated carbocycles. The Morgan fingerprint density at radius 3 is 3.06 bits per heavy atom. The van der Waals surface area contributed by atoms with Crippen LogP contribution in [0, 0.1) is 0 Å². The van der Waals surface area contributed by atoms with Crippen molar-refractivity contribution in [2.45, 2.75) is 19.8 Å². The van der Waals surface area contributed by atoms with E-state index in [1.54, 1.807) is 12.1 Å². The number of carbonyl (C=O) groups excluding carboxylic acids is 1. The van der Waals surface area contributed by atoms with Crippen molar-refractivity contribution in [1.29, 1.82) is 0 Å². The number of carbonyl (C=O) groups is 1. The standard InChI is InChI=1S/C10H16N4O2/c1-2-3-6-12-10(15)14-9(11)13-8-5-4-7-16-8/h4-5,7H,2-3,6H2,1H3,(H4,11,12,13,14,15). The number of guanidine groups is 1. The van der Waals surface area contributed by atoms with Crippen molar-refractivity contribution in [2.24, 2.45) is 10.7 Å². The Bertz CT molecular complexity index is 346. The molecule has 0 atom stereocenters. The van der Waals surface area contributed by atoms with E-state index in [9.17, 15) is 4.79 Å². The van der Waals surface area contributed by atoms with Crippen molar-refractivity contribution < 1.29 is 9.21 Å². The van der Waals surface area contributed by atoms with Gasteiger partial charge < -0.3 is 15.5 Å². The van der Waals surface area contributed by atoms with E-state index in [1.807, 2.05) is 6.92 Å². The fourth-order valence-electron chi connectivity index (χ4n) is 1.02. The number of rotatable bonds is 4. The molecule has 0 radical (unpaired) electrons. The van der Waals surface area contributed by atoms with Crippen molar-refractivity contribution >= 4 is 17.9 Å². The zero-order valence-corrected chi connectivity index (χ0v) is 9.19. The number of nitrogens with two attached hydrogens (primary N) is 1. The lowest BCUT2D eigenvalue weighted by Crippen LogP contribution is -2.43. The van der Waals surface area contributed by atoms with Crippen LogP contribution in [-0.4, -0.2) is 18.5 Å². The smallest absolute Gasteiger partial charge is 0.321 e. The molecule has 0 aliphatic heterocycles. The average molecular weight is 224 g/mol. The first-order valence-corrected chi connectivity index (χ1v) is 5.15. The van der Waals surface area contributed by atoms with E-state index in [2.05, 4.69) is 15.6 Å². The molecule has 0 aliphatic rings. The molecule has 0 unspecified atom stereocenters. The molecule has 16 heavy (non-hydrogen) atoms. The van der Waals surface area contributed by atoms with Gasteiger partial charge in [-0.1, -0.05) is 13.3 Å². The summed E-state index contributed by atoms with van der Waals surface area (Å²) in [5, 5.41) is 5.05. The van der Waals surface area contributed by atoms with E-state index in [-0.39, 0.29) is 12.0 Å². The molecule has 6 nitrogen and oxygen atoms in total. The number of hydrogen-bond acceptors (Lipinski definition) is 3. The van der Waals surface area contributed by atoms with Crippen molar-refractivity contribution in [1.82, 2.24) is 10.6 Å². The van der Waals surface area contributed by atoms with Gasteiger partial charge in [-0.25, -0.2) is 4.79 Å². The topological polar surface area (TPSA) is 92.7 Å². The van der Waals surface area contributed by atoms with E-state index >= 15 is 0 Å². The molecule has 0 spiro atoms. The number of amides is 2. The van der Waals surface area contributed by atoms with Crippen LogP contribution >= 0.6 is 0 Å². The van der Waals surface area contributed by atoms with Gasteiger partial charge in [-0.05, 0) is 12.5 Å². The summed E-state index contributed by atoms with van der Waals surface area (Å²) in [6.07, 6.45) is 3.44. The number of nitrogens with zero attached hydrogens (tertiary/aromatic N) is 1. The summed E-state index contributed by atoms with van der Waals surface area (Å²) in [6, 6.07) is 2.97. The second-order valence-electron chi connectivity index (χ2n) is 3.18. The van der Waals surface area contributed by atoms with Crippen LogP contribution in [0.4, 0.5) is 10.7 Å². The van der Waals surface area contributed by atoms with E-state index in [0.29, 0.717) is 12.4 Å². The molecule has 6 heteroatoms. The fraction of sp³-hybridized carbons (Fsp3) is 0.400. The van der Waals surface area contributed by atoms with Crippen LogP contribution in [0.3, 0.4) is 0 Å². The molecule has 0 saturated heterocycles. The second-order valence-corrected chi connectivity index (χ2v) is 3.18. The van der Waals surface area contributed by atoms with Gasteiger partial charge in [0.25, 0.3) is 0 Å². The molecule has 0 fully saturated rings. The third kappa shape index (κ3) is 4.50. The zero-order chi connectivity index (χ0) is 11.8. The number of aliphatic imine (C=N–C) groups is 1. The first kappa shape index (κ1) is 12.1. The zero-order valence-electron chi connectivity index (χ0n) is 9.19. The lowest BCUT2D eigenvalue weighted by Gasteiger charge is -2.05. The van der Waals surface area contributed by atoms with Gasteiger partial charge in [0.05, 0.1) is 6.26 Å². The summed E-state index contributed by atoms with van der Waals surface area (Å²) in [6.45, 7) is 2.67. The number of unbranched alkanes of at least 4 members (excludes halogenated alkanes) is 1. The minimum Gasteiger partial charge on any atom is -0.447 e. The molecule has 2 amide bonds. The maximum absolute atomic E-state index is 11.2. The van der Waals surface area contributed by atoms with Gasteiger partial charge in [0.15, 0.2) is 0 Å². The minimum atomic E-state index is -0.360. The summed E-state index contributed by atoms with van der Waals surface area (Å²) in [5.74, 6) is 0.357. The first-order chi connectivity index (χ1) is 7.72. The number of furan rings is 1. The maximum Gasteiger partial charge on any atom is 0.321 e. The van der Waals surface area contributed by atoms with Crippen molar-refractivity contribution in [3.8, 4) is 0 Å². The highest BCUT2D eigenvalue weighted by atomic mass is 16.3. The van der Waals surface area contributed by atoms with Gasteiger partial charge in [0, 0.05) is 12.6 Å². The van der Waals surface area contributed by atoms with Gasteiger partial charge >= 0.3 is 6.03 Å². The van der Waals surface area contributed by atoms with Crippen molar-refractivity contribution in [2.75, 3.05) is 6.54 Å². The predicted molar refractivity (Wildman–Crippen MR) is 61.4 cm³/mol. The molecule has 88 valence electrons. The van der Waals surface area contributed by atoms with Crippen LogP contribution in [0.15, 0.2) is 27.8 Å². The normalized spacial score (nSPS) is 11.2. The number of nitrogens with one attached hydrogen (secondary N) is 2. The van der Waals surface area contributed by atoms with Crippen LogP contribution in [0.25, 0.3) is 0 Å². The summed E-state index contributed by atoms with van der Waals surface area (Å²) in [5.41, 5.74) is 5.49. The average Bonchev–Trinajstić information content (AvgIpc) is 2.70. The van der Waals surface area contributed by atoms with Gasteiger partial charge in [-0.3, -0.25) is 5.32 Å². The molecule has 1 aromatic rings. The third-order valence-corrected chi connectivity index (χ3v) is 1.79. The molecular formula is C10H16N4O2. The summed E-state index contributed by atoms with van der Waals surface area (Å²) in [4.78, 5) is 15.1. The second kappa shape index (κ2) is 6.49. The quantitative estimate of drug-likeness (QED) is 0.409. The Balaban J connectivity index is 2.33. The predicted octanol–water partition coefficient (Wildman–Crippen LogP) is 1.33. The summed E-state index contributed by atoms with van der Waals surface area (Å²) in [7, 11) is 0. The molecule has 0 aliphatic carbocycles. The highest BCUT2D eigenvalue weighted by molar-refractivity contribution is 5.96. The van der Waals surface area contributed by atoms with Gasteiger partial charge in [0.1, 0.15) is 0 Å². The van der Waals surface area contributed by atoms with Crippen LogP contribution in [0.2, 0.25) is 0 Å². The van der Waals surface area contributed by atoms with Crippen LogP contribution < -0.4 is 16.4 Å². The maximum atomic E-state index is 11.2. The Kier molecular flexibility index (Phi) is 4.91. The molecule has 0 aromatic carbocycles. The lowest BCUT2D eigenvalue weighted by molar-refractivity contribution is 0.245. The van der Waals surface area contributed by atoms with Crippen molar-refractivity contribution in [3.63, 3.8) is 0 Å². The van der Waals surface area contributed by atoms with E-state index in [4.69, 9.17) is 10.2 Å². The number of urea groups is 1. The Morgan fingerprint density at radius 1 is 1.62 bits per heavy atom. The molecular weight excluding hydrogens is 208 g/mol. The van der Waals surface area contributed by atoms with Gasteiger partial charge in [-0.15, -0.1) is 0 Å². The van der Waals surface area contributed by atoms with Crippen molar-refractivity contribution in [3.05, 3.63) is 18.4 Å². The van der Waals surface area contributed by atoms with Gasteiger partial charge in [0.2, 0.25) is 11.8 Å². The first-order valence-electron chi connectivity index (χ1n) is 5.15. The molecule has 0 bridgehead atoms. The van der Waals surface area contributed by atoms with E-state index < -0.39 is 0 Å². The Hall–Kier alpha value is -1.98. The largest absolute Gasteiger partial charge is 0.447 e. The highest BCUT2D eigenvalue weighted by Gasteiger charge is 2.01. The van der Waals surface area contributed by atoms with Crippen LogP contribution in [0.5, 0.6) is 0 Å². The minimum absolute atomic E-state index is 0.00366.